The van der Waals surface area contributed by atoms with Gasteiger partial charge < -0.3 is 9.94 Å². The Morgan fingerprint density at radius 2 is 2.40 bits per heavy atom. The van der Waals surface area contributed by atoms with Crippen molar-refractivity contribution in [2.45, 2.75) is 6.10 Å². The highest BCUT2D eigenvalue weighted by Gasteiger charge is 2.31. The van der Waals surface area contributed by atoms with E-state index in [1.54, 1.807) is 12.1 Å². The molecular weight excluding hydrogens is 130 g/mol. The molecule has 52 valence electrons. The second-order valence-corrected chi connectivity index (χ2v) is 2.27. The van der Waals surface area contributed by atoms with Gasteiger partial charge in [0, 0.05) is 12.1 Å². The van der Waals surface area contributed by atoms with Crippen LogP contribution in [0.25, 0.3) is 0 Å². The van der Waals surface area contributed by atoms with E-state index in [1.807, 2.05) is 6.07 Å². The molecule has 2 rings (SSSR count). The van der Waals surface area contributed by atoms with E-state index in [-0.39, 0.29) is 6.10 Å². The van der Waals surface area contributed by atoms with Crippen molar-refractivity contribution >= 4 is 0 Å². The summed E-state index contributed by atoms with van der Waals surface area (Å²) in [6.45, 7) is 0.687. The first-order valence-electron chi connectivity index (χ1n) is 3.17. The number of hydrogen-bond acceptors (Lipinski definition) is 2. The summed E-state index contributed by atoms with van der Waals surface area (Å²) in [6, 6.07) is 5.33. The van der Waals surface area contributed by atoms with Crippen LogP contribution in [-0.4, -0.2) is 6.61 Å². The van der Waals surface area contributed by atoms with Crippen LogP contribution in [0.3, 0.4) is 0 Å². The molecule has 0 unspecified atom stereocenters. The fourth-order valence-corrected chi connectivity index (χ4v) is 0.910. The molecule has 0 spiro atoms. The van der Waals surface area contributed by atoms with E-state index < -0.39 is 0 Å². The molecule has 1 atom stereocenters. The highest BCUT2D eigenvalue weighted by Crippen LogP contribution is 2.26. The lowest BCUT2D eigenvalue weighted by Crippen LogP contribution is -2.30. The lowest BCUT2D eigenvalue weighted by Gasteiger charge is -1.98. The molecule has 3 nitrogen and oxygen atoms in total. The first-order valence-corrected chi connectivity index (χ1v) is 3.17. The summed E-state index contributed by atoms with van der Waals surface area (Å²) in [6.07, 6.45) is 1.54. The lowest BCUT2D eigenvalue weighted by molar-refractivity contribution is -0.615. The third kappa shape index (κ3) is 0.844. The van der Waals surface area contributed by atoms with Crippen molar-refractivity contribution in [3.63, 3.8) is 0 Å². The van der Waals surface area contributed by atoms with Crippen molar-refractivity contribution in [3.05, 3.63) is 35.3 Å². The molecule has 1 saturated heterocycles. The lowest BCUT2D eigenvalue weighted by atomic mass is 10.3. The average Bonchev–Trinajstić information content (AvgIpc) is 2.71. The Morgan fingerprint density at radius 1 is 1.60 bits per heavy atom. The highest BCUT2D eigenvalue weighted by molar-refractivity contribution is 5.04. The molecule has 1 aliphatic rings. The molecule has 10 heavy (non-hydrogen) atoms. The van der Waals surface area contributed by atoms with Gasteiger partial charge in [0.05, 0.1) is 6.61 Å². The minimum absolute atomic E-state index is 0.0544. The number of hydrogen-bond donors (Lipinski definition) is 0. The molecule has 0 amide bonds. The number of epoxide rings is 1. The largest absolute Gasteiger partial charge is 0.618 e. The van der Waals surface area contributed by atoms with Crippen molar-refractivity contribution in [1.29, 1.82) is 0 Å². The second-order valence-electron chi connectivity index (χ2n) is 2.27. The fourth-order valence-electron chi connectivity index (χ4n) is 0.910. The van der Waals surface area contributed by atoms with Gasteiger partial charge in [0.1, 0.15) is 0 Å². The topological polar surface area (TPSA) is 39.5 Å². The molecule has 0 radical (unpaired) electrons. The van der Waals surface area contributed by atoms with Crippen LogP contribution in [0.5, 0.6) is 0 Å². The van der Waals surface area contributed by atoms with Gasteiger partial charge in [0.2, 0.25) is 5.69 Å². The summed E-state index contributed by atoms with van der Waals surface area (Å²) >= 11 is 0. The Hall–Kier alpha value is -1.09. The Kier molecular flexibility index (Phi) is 1.11. The van der Waals surface area contributed by atoms with Crippen molar-refractivity contribution in [3.8, 4) is 0 Å². The Morgan fingerprint density at radius 3 is 3.00 bits per heavy atom. The summed E-state index contributed by atoms with van der Waals surface area (Å²) in [7, 11) is 0. The van der Waals surface area contributed by atoms with Gasteiger partial charge in [-0.05, 0) is 6.07 Å². The number of rotatable bonds is 1. The molecule has 2 heterocycles. The highest BCUT2D eigenvalue weighted by atomic mass is 16.6. The zero-order chi connectivity index (χ0) is 6.97. The first-order chi connectivity index (χ1) is 4.88. The molecule has 0 aliphatic carbocycles. The molecule has 0 saturated carbocycles. The average molecular weight is 137 g/mol. The van der Waals surface area contributed by atoms with E-state index in [4.69, 9.17) is 4.74 Å². The Bertz CT molecular complexity index is 245. The van der Waals surface area contributed by atoms with Crippen molar-refractivity contribution in [2.75, 3.05) is 6.61 Å². The van der Waals surface area contributed by atoms with Crippen LogP contribution in [-0.2, 0) is 4.74 Å². The maximum atomic E-state index is 10.9. The first kappa shape index (κ1) is 5.68. The molecule has 1 fully saturated rings. The minimum Gasteiger partial charge on any atom is -0.618 e. The molecular formula is C7H7NO2. The molecule has 0 bridgehead atoms. The predicted octanol–water partition coefficient (Wildman–Crippen LogP) is 0.391. The van der Waals surface area contributed by atoms with Gasteiger partial charge in [-0.2, -0.15) is 4.73 Å². The van der Waals surface area contributed by atoms with Gasteiger partial charge in [0.15, 0.2) is 12.3 Å². The maximum absolute atomic E-state index is 10.9. The van der Waals surface area contributed by atoms with Gasteiger partial charge in [-0.15, -0.1) is 0 Å². The van der Waals surface area contributed by atoms with Crippen LogP contribution in [0, 0.1) is 5.21 Å². The van der Waals surface area contributed by atoms with Crippen LogP contribution in [0.15, 0.2) is 24.4 Å². The van der Waals surface area contributed by atoms with Gasteiger partial charge >= 0.3 is 0 Å². The van der Waals surface area contributed by atoms with Crippen LogP contribution in [0.4, 0.5) is 0 Å². The maximum Gasteiger partial charge on any atom is 0.224 e. The smallest absolute Gasteiger partial charge is 0.224 e. The molecule has 0 aromatic carbocycles. The summed E-state index contributed by atoms with van der Waals surface area (Å²) < 4.78 is 5.80. The molecule has 1 aromatic heterocycles. The summed E-state index contributed by atoms with van der Waals surface area (Å²) in [5.41, 5.74) is 0.711. The van der Waals surface area contributed by atoms with Gasteiger partial charge in [-0.25, -0.2) is 0 Å². The predicted molar refractivity (Wildman–Crippen MR) is 34.1 cm³/mol. The normalized spacial score (nSPS) is 22.6. The summed E-state index contributed by atoms with van der Waals surface area (Å²) in [5.74, 6) is 0. The quantitative estimate of drug-likeness (QED) is 0.319. The minimum atomic E-state index is 0.0544. The van der Waals surface area contributed by atoms with Gasteiger partial charge in [-0.3, -0.25) is 0 Å². The second kappa shape index (κ2) is 1.95. The Labute approximate surface area is 58.4 Å². The van der Waals surface area contributed by atoms with E-state index >= 15 is 0 Å². The van der Waals surface area contributed by atoms with Crippen molar-refractivity contribution < 1.29 is 9.47 Å². The number of aromatic nitrogens is 1. The fraction of sp³-hybridized carbons (Fsp3) is 0.286. The third-order valence-electron chi connectivity index (χ3n) is 1.52. The summed E-state index contributed by atoms with van der Waals surface area (Å²) in [5, 5.41) is 10.9. The number of pyridine rings is 1. The van der Waals surface area contributed by atoms with Gasteiger partial charge in [-0.1, -0.05) is 0 Å². The monoisotopic (exact) mass is 137 g/mol. The van der Waals surface area contributed by atoms with Crippen LogP contribution in [0.1, 0.15) is 11.8 Å². The van der Waals surface area contributed by atoms with E-state index in [9.17, 15) is 5.21 Å². The van der Waals surface area contributed by atoms with E-state index in [0.29, 0.717) is 12.3 Å². The zero-order valence-corrected chi connectivity index (χ0v) is 5.36. The Balaban J connectivity index is 2.39. The molecule has 3 heteroatoms. The molecule has 0 N–H and O–H groups in total. The number of nitrogens with zero attached hydrogens (tertiary/aromatic N) is 1. The summed E-state index contributed by atoms with van der Waals surface area (Å²) in [4.78, 5) is 0. The standard InChI is InChI=1S/C7H7NO2/c9-8-4-2-1-3-6(8)7-5-10-7/h1-4,7H,5H2/t7-/m0/s1. The zero-order valence-electron chi connectivity index (χ0n) is 5.36. The van der Waals surface area contributed by atoms with Crippen LogP contribution in [0.2, 0.25) is 0 Å². The third-order valence-corrected chi connectivity index (χ3v) is 1.52. The number of ether oxygens (including phenoxy) is 1. The van der Waals surface area contributed by atoms with E-state index in [2.05, 4.69) is 0 Å². The van der Waals surface area contributed by atoms with Crippen LogP contribution >= 0.6 is 0 Å². The van der Waals surface area contributed by atoms with Gasteiger partial charge in [0.25, 0.3) is 0 Å². The molecule has 1 aliphatic heterocycles. The molecule has 1 aromatic rings. The van der Waals surface area contributed by atoms with Crippen molar-refractivity contribution in [1.82, 2.24) is 0 Å². The van der Waals surface area contributed by atoms with E-state index in [1.165, 1.54) is 6.20 Å². The van der Waals surface area contributed by atoms with E-state index in [0.717, 1.165) is 4.73 Å². The van der Waals surface area contributed by atoms with Crippen LogP contribution < -0.4 is 4.73 Å². The van der Waals surface area contributed by atoms with Crippen molar-refractivity contribution in [2.24, 2.45) is 0 Å². The SMILES string of the molecule is [O-][n+]1ccccc1[C@@H]1CO1.